The summed E-state index contributed by atoms with van der Waals surface area (Å²) in [7, 11) is 0. The third-order valence-electron chi connectivity index (χ3n) is 3.45. The largest absolute Gasteiger partial charge is 0.396 e. The number of piperidine rings is 1. The summed E-state index contributed by atoms with van der Waals surface area (Å²) in [4.78, 5) is 6.62. The minimum atomic E-state index is 0.289. The van der Waals surface area contributed by atoms with Crippen molar-refractivity contribution >= 4 is 11.4 Å². The summed E-state index contributed by atoms with van der Waals surface area (Å²) in [6, 6.07) is 2.16. The molecule has 1 aliphatic rings. The van der Waals surface area contributed by atoms with Crippen LogP contribution in [0, 0.1) is 5.92 Å². The van der Waals surface area contributed by atoms with Crippen LogP contribution < -0.4 is 10.2 Å². The lowest BCUT2D eigenvalue weighted by molar-refractivity contribution is 0.208. The fraction of sp³-hybridized carbons (Fsp3) is 0.643. The summed E-state index contributed by atoms with van der Waals surface area (Å²) >= 11 is 0. The van der Waals surface area contributed by atoms with Crippen LogP contribution in [0.1, 0.15) is 26.2 Å². The number of nitrogens with zero attached hydrogens (tertiary/aromatic N) is 2. The lowest BCUT2D eigenvalue weighted by Crippen LogP contribution is -2.36. The SMILES string of the molecule is CCCNc1cncc(N2CCCC(CO)C2)c1. The van der Waals surface area contributed by atoms with Crippen LogP contribution in [0.4, 0.5) is 11.4 Å². The molecule has 0 saturated carbocycles. The van der Waals surface area contributed by atoms with Crippen molar-refractivity contribution in [3.05, 3.63) is 18.5 Å². The van der Waals surface area contributed by atoms with Crippen molar-refractivity contribution in [2.45, 2.75) is 26.2 Å². The van der Waals surface area contributed by atoms with E-state index in [0.29, 0.717) is 5.92 Å². The van der Waals surface area contributed by atoms with Crippen molar-refractivity contribution in [3.63, 3.8) is 0 Å². The molecule has 1 aliphatic heterocycles. The molecule has 2 rings (SSSR count). The standard InChI is InChI=1S/C14H23N3O/c1-2-5-16-13-7-14(9-15-8-13)17-6-3-4-12(10-17)11-18/h7-9,12,16,18H,2-6,10-11H2,1H3. The van der Waals surface area contributed by atoms with Crippen molar-refractivity contribution in [2.75, 3.05) is 36.5 Å². The third-order valence-corrected chi connectivity index (χ3v) is 3.45. The molecule has 2 heterocycles. The molecule has 1 unspecified atom stereocenters. The van der Waals surface area contributed by atoms with Gasteiger partial charge in [-0.3, -0.25) is 4.98 Å². The van der Waals surface area contributed by atoms with E-state index in [2.05, 4.69) is 28.2 Å². The van der Waals surface area contributed by atoms with Gasteiger partial charge in [0.15, 0.2) is 0 Å². The van der Waals surface area contributed by atoms with Gasteiger partial charge in [-0.25, -0.2) is 0 Å². The van der Waals surface area contributed by atoms with Gasteiger partial charge in [0.05, 0.1) is 23.8 Å². The van der Waals surface area contributed by atoms with Crippen molar-refractivity contribution in [1.29, 1.82) is 0 Å². The first-order chi connectivity index (χ1) is 8.83. The number of aromatic nitrogens is 1. The molecule has 1 aromatic heterocycles. The maximum atomic E-state index is 9.27. The summed E-state index contributed by atoms with van der Waals surface area (Å²) in [5, 5.41) is 12.6. The monoisotopic (exact) mass is 249 g/mol. The van der Waals surface area contributed by atoms with Crippen LogP contribution in [-0.2, 0) is 0 Å². The van der Waals surface area contributed by atoms with Crippen molar-refractivity contribution < 1.29 is 5.11 Å². The van der Waals surface area contributed by atoms with Crippen molar-refractivity contribution in [1.82, 2.24) is 4.98 Å². The molecule has 0 radical (unpaired) electrons. The summed E-state index contributed by atoms with van der Waals surface area (Å²) in [6.45, 7) is 5.42. The molecule has 0 amide bonds. The first-order valence-electron chi connectivity index (χ1n) is 6.88. The van der Waals surface area contributed by atoms with Gasteiger partial charge >= 0.3 is 0 Å². The fourth-order valence-electron chi connectivity index (χ4n) is 2.42. The molecule has 1 aromatic rings. The first kappa shape index (κ1) is 13.1. The van der Waals surface area contributed by atoms with Gasteiger partial charge in [-0.05, 0) is 31.2 Å². The Hall–Kier alpha value is -1.29. The Morgan fingerprint density at radius 3 is 3.17 bits per heavy atom. The summed E-state index contributed by atoms with van der Waals surface area (Å²) in [6.07, 6.45) is 7.18. The first-order valence-corrected chi connectivity index (χ1v) is 6.88. The zero-order valence-electron chi connectivity index (χ0n) is 11.1. The summed E-state index contributed by atoms with van der Waals surface area (Å²) in [5.74, 6) is 0.408. The van der Waals surface area contributed by atoms with Crippen LogP contribution in [-0.4, -0.2) is 36.3 Å². The van der Waals surface area contributed by atoms with Crippen molar-refractivity contribution in [2.24, 2.45) is 5.92 Å². The quantitative estimate of drug-likeness (QED) is 0.839. The Bertz CT molecular complexity index is 370. The molecule has 2 N–H and O–H groups in total. The van der Waals surface area contributed by atoms with Gasteiger partial charge in [0, 0.05) is 26.2 Å². The predicted molar refractivity (Wildman–Crippen MR) is 75.0 cm³/mol. The maximum absolute atomic E-state index is 9.27. The van der Waals surface area contributed by atoms with Gasteiger partial charge in [-0.1, -0.05) is 6.92 Å². The number of aliphatic hydroxyl groups excluding tert-OH is 1. The Kier molecular flexibility index (Phi) is 4.81. The molecule has 0 aliphatic carbocycles. The maximum Gasteiger partial charge on any atom is 0.0573 e. The minimum absolute atomic E-state index is 0.289. The summed E-state index contributed by atoms with van der Waals surface area (Å²) < 4.78 is 0. The highest BCUT2D eigenvalue weighted by molar-refractivity contribution is 5.55. The van der Waals surface area contributed by atoms with Crippen molar-refractivity contribution in [3.8, 4) is 0 Å². The average molecular weight is 249 g/mol. The summed E-state index contributed by atoms with van der Waals surface area (Å²) in [5.41, 5.74) is 2.25. The lowest BCUT2D eigenvalue weighted by atomic mass is 9.99. The molecule has 0 aromatic carbocycles. The number of nitrogens with one attached hydrogen (secondary N) is 1. The van der Waals surface area contributed by atoms with Gasteiger partial charge in [-0.2, -0.15) is 0 Å². The van der Waals surface area contributed by atoms with E-state index in [0.717, 1.165) is 50.3 Å². The number of anilines is 2. The second-order valence-corrected chi connectivity index (χ2v) is 5.00. The van der Waals surface area contributed by atoms with E-state index in [9.17, 15) is 5.11 Å². The number of pyridine rings is 1. The number of hydrogen-bond acceptors (Lipinski definition) is 4. The van der Waals surface area contributed by atoms with Crippen LogP contribution in [0.15, 0.2) is 18.5 Å². The molecule has 4 heteroatoms. The average Bonchev–Trinajstić information content (AvgIpc) is 2.45. The Morgan fingerprint density at radius 1 is 1.50 bits per heavy atom. The van der Waals surface area contributed by atoms with Gasteiger partial charge in [0.25, 0.3) is 0 Å². The van der Waals surface area contributed by atoms with Gasteiger partial charge in [0.2, 0.25) is 0 Å². The fourth-order valence-corrected chi connectivity index (χ4v) is 2.42. The highest BCUT2D eigenvalue weighted by atomic mass is 16.3. The van der Waals surface area contributed by atoms with E-state index in [1.165, 1.54) is 0 Å². The third kappa shape index (κ3) is 3.35. The Morgan fingerprint density at radius 2 is 2.39 bits per heavy atom. The van der Waals surface area contributed by atoms with E-state index < -0.39 is 0 Å². The topological polar surface area (TPSA) is 48.4 Å². The second kappa shape index (κ2) is 6.59. The molecule has 4 nitrogen and oxygen atoms in total. The van der Waals surface area contributed by atoms with Gasteiger partial charge in [0.1, 0.15) is 0 Å². The van der Waals surface area contributed by atoms with Crippen LogP contribution in [0.2, 0.25) is 0 Å². The van der Waals surface area contributed by atoms with Crippen LogP contribution in [0.3, 0.4) is 0 Å². The molecule has 18 heavy (non-hydrogen) atoms. The van der Waals surface area contributed by atoms with Crippen LogP contribution in [0.5, 0.6) is 0 Å². The molecular formula is C14H23N3O. The van der Waals surface area contributed by atoms with Gasteiger partial charge in [-0.15, -0.1) is 0 Å². The molecular weight excluding hydrogens is 226 g/mol. The van der Waals surface area contributed by atoms with E-state index in [4.69, 9.17) is 0 Å². The second-order valence-electron chi connectivity index (χ2n) is 5.00. The lowest BCUT2D eigenvalue weighted by Gasteiger charge is -2.33. The smallest absolute Gasteiger partial charge is 0.0573 e. The zero-order chi connectivity index (χ0) is 12.8. The molecule has 100 valence electrons. The highest BCUT2D eigenvalue weighted by Crippen LogP contribution is 2.24. The van der Waals surface area contributed by atoms with E-state index in [1.54, 1.807) is 0 Å². The Balaban J connectivity index is 2.02. The van der Waals surface area contributed by atoms with Gasteiger partial charge < -0.3 is 15.3 Å². The molecule has 0 bridgehead atoms. The number of rotatable bonds is 5. The molecule has 1 atom stereocenters. The molecule has 1 saturated heterocycles. The Labute approximate surface area is 109 Å². The molecule has 0 spiro atoms. The van der Waals surface area contributed by atoms with Crippen LogP contribution >= 0.6 is 0 Å². The van der Waals surface area contributed by atoms with E-state index in [1.807, 2.05) is 12.4 Å². The predicted octanol–water partition coefficient (Wildman–Crippen LogP) is 2.11. The number of aliphatic hydroxyl groups is 1. The van der Waals surface area contributed by atoms with Crippen LogP contribution in [0.25, 0.3) is 0 Å². The van der Waals surface area contributed by atoms with E-state index >= 15 is 0 Å². The molecule has 1 fully saturated rings. The normalized spacial score (nSPS) is 19.9. The zero-order valence-corrected chi connectivity index (χ0v) is 11.1. The van der Waals surface area contributed by atoms with E-state index in [-0.39, 0.29) is 6.61 Å². The minimum Gasteiger partial charge on any atom is -0.396 e. The highest BCUT2D eigenvalue weighted by Gasteiger charge is 2.19. The number of hydrogen-bond donors (Lipinski definition) is 2.